The summed E-state index contributed by atoms with van der Waals surface area (Å²) in [5, 5.41) is 14.2. The predicted molar refractivity (Wildman–Crippen MR) is 98.4 cm³/mol. The number of hydrogen-bond acceptors (Lipinski definition) is 4. The van der Waals surface area contributed by atoms with Gasteiger partial charge in [0.25, 0.3) is 0 Å². The summed E-state index contributed by atoms with van der Waals surface area (Å²) in [6.45, 7) is 1.98. The second-order valence-electron chi connectivity index (χ2n) is 5.78. The summed E-state index contributed by atoms with van der Waals surface area (Å²) in [6, 6.07) is 10.9. The smallest absolute Gasteiger partial charge is 0.320 e. The van der Waals surface area contributed by atoms with Crippen LogP contribution in [0.5, 0.6) is 0 Å². The van der Waals surface area contributed by atoms with Crippen LogP contribution in [0.15, 0.2) is 47.7 Å². The second-order valence-corrected chi connectivity index (χ2v) is 5.78. The van der Waals surface area contributed by atoms with E-state index in [9.17, 15) is 4.79 Å². The van der Waals surface area contributed by atoms with E-state index >= 15 is 0 Å². The maximum absolute atomic E-state index is 12.3. The van der Waals surface area contributed by atoms with Crippen molar-refractivity contribution in [3.05, 3.63) is 64.3 Å². The zero-order chi connectivity index (χ0) is 18.5. The van der Waals surface area contributed by atoms with Crippen LogP contribution in [0.1, 0.15) is 24.2 Å². The lowest BCUT2D eigenvalue weighted by molar-refractivity contribution is 0.249. The topological polar surface area (TPSA) is 121 Å². The van der Waals surface area contributed by atoms with Crippen molar-refractivity contribution in [2.24, 2.45) is 12.2 Å². The maximum Gasteiger partial charge on any atom is 0.320 e. The van der Waals surface area contributed by atoms with Crippen molar-refractivity contribution in [1.29, 1.82) is 0 Å². The third-order valence-corrected chi connectivity index (χ3v) is 3.96. The Bertz CT molecular complexity index is 975. The second kappa shape index (κ2) is 7.54. The number of carbonyl (C=O) groups is 1. The number of rotatable bonds is 5. The molecule has 1 atom stereocenters. The monoisotopic (exact) mass is 350 g/mol. The Morgan fingerprint density at radius 2 is 2.15 bits per heavy atom. The summed E-state index contributed by atoms with van der Waals surface area (Å²) in [4.78, 5) is 19.5. The Balaban J connectivity index is 1.79. The lowest BCUT2D eigenvalue weighted by Crippen LogP contribution is -2.31. The minimum absolute atomic E-state index is 0.0735. The molecule has 0 saturated heterocycles. The molecular formula is C17H18N8O. The van der Waals surface area contributed by atoms with Gasteiger partial charge in [0.2, 0.25) is 0 Å². The third kappa shape index (κ3) is 3.73. The van der Waals surface area contributed by atoms with Gasteiger partial charge in [-0.05, 0) is 24.1 Å². The summed E-state index contributed by atoms with van der Waals surface area (Å²) < 4.78 is 1.66. The van der Waals surface area contributed by atoms with Crippen LogP contribution in [-0.2, 0) is 13.6 Å². The molecule has 2 amide bonds. The van der Waals surface area contributed by atoms with Crippen LogP contribution in [0.4, 0.5) is 10.6 Å². The van der Waals surface area contributed by atoms with E-state index in [1.54, 1.807) is 24.0 Å². The number of azide groups is 1. The Morgan fingerprint density at radius 1 is 1.38 bits per heavy atom. The van der Waals surface area contributed by atoms with Gasteiger partial charge in [-0.3, -0.25) is 10.00 Å². The van der Waals surface area contributed by atoms with E-state index in [0.717, 1.165) is 16.5 Å². The summed E-state index contributed by atoms with van der Waals surface area (Å²) in [5.74, 6) is 0.367. The zero-order valence-corrected chi connectivity index (χ0v) is 14.4. The molecule has 0 spiro atoms. The van der Waals surface area contributed by atoms with E-state index in [-0.39, 0.29) is 18.6 Å². The molecule has 1 unspecified atom stereocenters. The van der Waals surface area contributed by atoms with Crippen molar-refractivity contribution >= 4 is 22.8 Å². The van der Waals surface area contributed by atoms with Gasteiger partial charge in [-0.1, -0.05) is 35.4 Å². The number of nitrogens with zero attached hydrogens (tertiary/aromatic N) is 6. The van der Waals surface area contributed by atoms with Gasteiger partial charge in [-0.2, -0.15) is 5.10 Å². The van der Waals surface area contributed by atoms with Gasteiger partial charge in [0.15, 0.2) is 0 Å². The molecule has 0 aliphatic rings. The number of amides is 2. The molecule has 132 valence electrons. The molecule has 1 aromatic carbocycles. The molecule has 9 nitrogen and oxygen atoms in total. The van der Waals surface area contributed by atoms with Gasteiger partial charge >= 0.3 is 6.03 Å². The number of hydrogen-bond donors (Lipinski definition) is 2. The van der Waals surface area contributed by atoms with Crippen molar-refractivity contribution in [3.8, 4) is 0 Å². The highest BCUT2D eigenvalue weighted by atomic mass is 16.2. The molecule has 0 aliphatic carbocycles. The molecule has 2 aromatic heterocycles. The summed E-state index contributed by atoms with van der Waals surface area (Å²) in [5.41, 5.74) is 10.9. The molecule has 0 saturated carbocycles. The highest BCUT2D eigenvalue weighted by Crippen LogP contribution is 2.21. The number of fused-ring (bicyclic) bond motifs is 1. The van der Waals surface area contributed by atoms with Gasteiger partial charge in [-0.15, -0.1) is 0 Å². The van der Waals surface area contributed by atoms with Crippen LogP contribution < -0.4 is 10.6 Å². The van der Waals surface area contributed by atoms with E-state index < -0.39 is 0 Å². The Morgan fingerprint density at radius 3 is 2.88 bits per heavy atom. The van der Waals surface area contributed by atoms with E-state index in [0.29, 0.717) is 11.5 Å². The molecule has 3 rings (SSSR count). The number of anilines is 1. The fourth-order valence-electron chi connectivity index (χ4n) is 2.74. The number of urea groups is 1. The Labute approximate surface area is 149 Å². The molecule has 2 heterocycles. The zero-order valence-electron chi connectivity index (χ0n) is 14.4. The maximum atomic E-state index is 12.3. The number of benzene rings is 1. The Hall–Kier alpha value is -3.58. The van der Waals surface area contributed by atoms with Gasteiger partial charge < -0.3 is 5.32 Å². The fourth-order valence-corrected chi connectivity index (χ4v) is 2.74. The van der Waals surface area contributed by atoms with E-state index in [4.69, 9.17) is 5.53 Å². The average molecular weight is 350 g/mol. The standard InChI is InChI=1S/C17H18N8O/c1-11(12-6-4-3-5-7-12)21-17(26)23-15-8-13-9-20-25(2)16(13)14(22-15)10-19-24-18/h3-9,11H,10H2,1-2H3,(H2,21,22,23,26). The van der Waals surface area contributed by atoms with Crippen LogP contribution in [0, 0.1) is 0 Å². The third-order valence-electron chi connectivity index (χ3n) is 3.96. The fraction of sp³-hybridized carbons (Fsp3) is 0.235. The van der Waals surface area contributed by atoms with Crippen LogP contribution in [0.3, 0.4) is 0 Å². The van der Waals surface area contributed by atoms with Crippen molar-refractivity contribution in [1.82, 2.24) is 20.1 Å². The molecule has 26 heavy (non-hydrogen) atoms. The molecule has 0 fully saturated rings. The highest BCUT2D eigenvalue weighted by Gasteiger charge is 2.13. The van der Waals surface area contributed by atoms with Gasteiger partial charge in [0.05, 0.1) is 30.0 Å². The lowest BCUT2D eigenvalue weighted by Gasteiger charge is -2.15. The predicted octanol–water partition coefficient (Wildman–Crippen LogP) is 3.66. The normalized spacial score (nSPS) is 11.6. The highest BCUT2D eigenvalue weighted by molar-refractivity contribution is 5.92. The van der Waals surface area contributed by atoms with Crippen LogP contribution in [0.2, 0.25) is 0 Å². The molecule has 9 heteroatoms. The van der Waals surface area contributed by atoms with E-state index in [1.165, 1.54) is 0 Å². The largest absolute Gasteiger partial charge is 0.331 e. The minimum atomic E-state index is -0.369. The number of aromatic nitrogens is 3. The van der Waals surface area contributed by atoms with Crippen molar-refractivity contribution in [2.75, 3.05) is 5.32 Å². The molecule has 0 aliphatic heterocycles. The SMILES string of the molecule is CC(NC(=O)Nc1cc2cnn(C)c2c(CN=[N+]=[N-])n1)c1ccccc1. The molecule has 0 bridgehead atoms. The van der Waals surface area contributed by atoms with Crippen LogP contribution in [0.25, 0.3) is 21.3 Å². The first-order valence-electron chi connectivity index (χ1n) is 8.03. The van der Waals surface area contributed by atoms with Gasteiger partial charge in [0, 0.05) is 17.3 Å². The average Bonchev–Trinajstić information content (AvgIpc) is 3.01. The summed E-state index contributed by atoms with van der Waals surface area (Å²) in [7, 11) is 1.78. The lowest BCUT2D eigenvalue weighted by atomic mass is 10.1. The first-order valence-corrected chi connectivity index (χ1v) is 8.03. The molecule has 0 radical (unpaired) electrons. The number of nitrogens with one attached hydrogen (secondary N) is 2. The van der Waals surface area contributed by atoms with Gasteiger partial charge in [-0.25, -0.2) is 9.78 Å². The van der Waals surface area contributed by atoms with Crippen LogP contribution in [-0.4, -0.2) is 20.8 Å². The number of aryl methyl sites for hydroxylation is 1. The van der Waals surface area contributed by atoms with E-state index in [2.05, 4.69) is 30.7 Å². The molecule has 2 N–H and O–H groups in total. The van der Waals surface area contributed by atoms with Gasteiger partial charge in [0.1, 0.15) is 5.82 Å². The van der Waals surface area contributed by atoms with Crippen molar-refractivity contribution < 1.29 is 4.79 Å². The van der Waals surface area contributed by atoms with Crippen molar-refractivity contribution in [2.45, 2.75) is 19.5 Å². The first kappa shape index (κ1) is 17.2. The summed E-state index contributed by atoms with van der Waals surface area (Å²) in [6.07, 6.45) is 1.67. The number of pyridine rings is 1. The first-order chi connectivity index (χ1) is 12.6. The van der Waals surface area contributed by atoms with Crippen molar-refractivity contribution in [3.63, 3.8) is 0 Å². The molecule has 3 aromatic rings. The number of carbonyl (C=O) groups excluding carboxylic acids is 1. The minimum Gasteiger partial charge on any atom is -0.331 e. The van der Waals surface area contributed by atoms with Crippen LogP contribution >= 0.6 is 0 Å². The summed E-state index contributed by atoms with van der Waals surface area (Å²) >= 11 is 0. The Kier molecular flexibility index (Phi) is 5.00. The molecular weight excluding hydrogens is 332 g/mol. The van der Waals surface area contributed by atoms with E-state index in [1.807, 2.05) is 37.3 Å². The quantitative estimate of drug-likeness (QED) is 0.415.